The first kappa shape index (κ1) is 15.2. The van der Waals surface area contributed by atoms with Gasteiger partial charge in [0.2, 0.25) is 0 Å². The summed E-state index contributed by atoms with van der Waals surface area (Å²) in [6, 6.07) is 9.92. The van der Waals surface area contributed by atoms with Gasteiger partial charge in [-0.1, -0.05) is 29.3 Å². The number of thiophene rings is 1. The van der Waals surface area contributed by atoms with Crippen LogP contribution in [0, 0.1) is 0 Å². The quantitative estimate of drug-likeness (QED) is 0.472. The first-order valence-corrected chi connectivity index (χ1v) is 8.37. The summed E-state index contributed by atoms with van der Waals surface area (Å²) in [5.74, 6) is 6.47. The van der Waals surface area contributed by atoms with Crippen LogP contribution in [-0.2, 0) is 6.42 Å². The molecule has 1 heterocycles. The van der Waals surface area contributed by atoms with Crippen molar-refractivity contribution in [1.29, 1.82) is 0 Å². The number of hydrogen-bond acceptors (Lipinski definition) is 4. The van der Waals surface area contributed by atoms with Crippen LogP contribution >= 0.6 is 46.3 Å². The summed E-state index contributed by atoms with van der Waals surface area (Å²) in [6.45, 7) is 0. The van der Waals surface area contributed by atoms with E-state index in [1.165, 1.54) is 0 Å². The predicted molar refractivity (Wildman–Crippen MR) is 86.3 cm³/mol. The minimum atomic E-state index is 0.181. The van der Waals surface area contributed by atoms with Crippen LogP contribution in [0.5, 0.6) is 0 Å². The van der Waals surface area contributed by atoms with Gasteiger partial charge in [0, 0.05) is 33.0 Å². The van der Waals surface area contributed by atoms with Gasteiger partial charge in [-0.2, -0.15) is 0 Å². The summed E-state index contributed by atoms with van der Waals surface area (Å²) in [7, 11) is 0. The van der Waals surface area contributed by atoms with E-state index in [-0.39, 0.29) is 6.04 Å². The Morgan fingerprint density at radius 3 is 2.79 bits per heavy atom. The molecule has 1 unspecified atom stereocenters. The van der Waals surface area contributed by atoms with E-state index in [1.807, 2.05) is 35.7 Å². The average molecular weight is 333 g/mol. The molecule has 0 fully saturated rings. The molecule has 0 amide bonds. The molecule has 19 heavy (non-hydrogen) atoms. The van der Waals surface area contributed by atoms with Gasteiger partial charge in [0.1, 0.15) is 0 Å². The van der Waals surface area contributed by atoms with Crippen molar-refractivity contribution in [2.75, 3.05) is 5.75 Å². The van der Waals surface area contributed by atoms with E-state index in [1.54, 1.807) is 23.1 Å². The van der Waals surface area contributed by atoms with Gasteiger partial charge in [-0.15, -0.1) is 23.1 Å². The van der Waals surface area contributed by atoms with Gasteiger partial charge in [0.15, 0.2) is 0 Å². The molecule has 2 rings (SSSR count). The second-order valence-corrected chi connectivity index (χ2v) is 6.97. The van der Waals surface area contributed by atoms with Crippen LogP contribution in [-0.4, -0.2) is 11.8 Å². The van der Waals surface area contributed by atoms with Crippen LogP contribution in [0.4, 0.5) is 0 Å². The normalized spacial score (nSPS) is 12.6. The van der Waals surface area contributed by atoms with Crippen LogP contribution in [0.15, 0.2) is 40.6 Å². The molecular formula is C13H14Cl2N2S2. The monoisotopic (exact) mass is 332 g/mol. The fraction of sp³-hybridized carbons (Fsp3) is 0.231. The summed E-state index contributed by atoms with van der Waals surface area (Å²) >= 11 is 15.4. The van der Waals surface area contributed by atoms with Crippen molar-refractivity contribution in [1.82, 2.24) is 5.43 Å². The van der Waals surface area contributed by atoms with Crippen molar-refractivity contribution >= 4 is 46.3 Å². The fourth-order valence-electron chi connectivity index (χ4n) is 1.61. The van der Waals surface area contributed by atoms with Gasteiger partial charge in [0.05, 0.1) is 5.02 Å². The van der Waals surface area contributed by atoms with Gasteiger partial charge in [-0.25, -0.2) is 0 Å². The van der Waals surface area contributed by atoms with Crippen LogP contribution in [0.2, 0.25) is 10.0 Å². The molecule has 1 atom stereocenters. The van der Waals surface area contributed by atoms with Crippen LogP contribution in [0.1, 0.15) is 4.88 Å². The lowest BCUT2D eigenvalue weighted by Crippen LogP contribution is -2.38. The zero-order valence-corrected chi connectivity index (χ0v) is 13.3. The Labute approximate surface area is 131 Å². The minimum Gasteiger partial charge on any atom is -0.271 e. The highest BCUT2D eigenvalue weighted by Crippen LogP contribution is 2.26. The molecule has 2 aromatic rings. The maximum Gasteiger partial charge on any atom is 0.0545 e. The highest BCUT2D eigenvalue weighted by Gasteiger charge is 2.12. The third-order valence-electron chi connectivity index (χ3n) is 2.61. The zero-order chi connectivity index (χ0) is 13.7. The molecule has 0 bridgehead atoms. The molecule has 0 radical (unpaired) electrons. The van der Waals surface area contributed by atoms with E-state index >= 15 is 0 Å². The highest BCUT2D eigenvalue weighted by molar-refractivity contribution is 7.99. The summed E-state index contributed by atoms with van der Waals surface area (Å²) < 4.78 is 0. The second kappa shape index (κ2) is 7.53. The van der Waals surface area contributed by atoms with E-state index in [2.05, 4.69) is 5.43 Å². The summed E-state index contributed by atoms with van der Waals surface area (Å²) in [6.07, 6.45) is 0.834. The maximum atomic E-state index is 6.10. The lowest BCUT2D eigenvalue weighted by molar-refractivity contribution is 0.579. The van der Waals surface area contributed by atoms with Crippen LogP contribution < -0.4 is 11.3 Å². The Kier molecular flexibility index (Phi) is 6.01. The van der Waals surface area contributed by atoms with Crippen LogP contribution in [0.3, 0.4) is 0 Å². The first-order chi connectivity index (χ1) is 9.19. The zero-order valence-electron chi connectivity index (χ0n) is 10.1. The number of halogens is 2. The lowest BCUT2D eigenvalue weighted by atomic mass is 10.2. The molecule has 0 aliphatic carbocycles. The number of benzene rings is 1. The Morgan fingerprint density at radius 1 is 1.32 bits per heavy atom. The van der Waals surface area contributed by atoms with Gasteiger partial charge in [-0.05, 0) is 29.6 Å². The van der Waals surface area contributed by atoms with E-state index in [0.29, 0.717) is 0 Å². The standard InChI is InChI=1S/C13H14Cl2N2S2/c14-9-2-1-3-11(6-9)19-8-10(17-16)7-13-12(15)4-5-18-13/h1-6,10,17H,7-8,16H2. The molecule has 102 valence electrons. The molecule has 3 N–H and O–H groups in total. The molecule has 1 aromatic heterocycles. The second-order valence-electron chi connectivity index (χ2n) is 4.03. The number of hydrazine groups is 1. The lowest BCUT2D eigenvalue weighted by Gasteiger charge is -2.15. The van der Waals surface area contributed by atoms with E-state index < -0.39 is 0 Å². The Morgan fingerprint density at radius 2 is 2.16 bits per heavy atom. The largest absolute Gasteiger partial charge is 0.271 e. The highest BCUT2D eigenvalue weighted by atomic mass is 35.5. The van der Waals surface area contributed by atoms with Gasteiger partial charge in [-0.3, -0.25) is 11.3 Å². The third-order valence-corrected chi connectivity index (χ3v) is 5.41. The Bertz CT molecular complexity index is 531. The third kappa shape index (κ3) is 4.67. The summed E-state index contributed by atoms with van der Waals surface area (Å²) in [5.41, 5.74) is 2.85. The Hall–Kier alpha value is -0.230. The fourth-order valence-corrected chi connectivity index (χ4v) is 4.06. The smallest absolute Gasteiger partial charge is 0.0545 e. The number of hydrogen-bond donors (Lipinski definition) is 2. The molecule has 0 saturated carbocycles. The number of thioether (sulfide) groups is 1. The van der Waals surface area contributed by atoms with Crippen LogP contribution in [0.25, 0.3) is 0 Å². The van der Waals surface area contributed by atoms with Gasteiger partial charge < -0.3 is 0 Å². The van der Waals surface area contributed by atoms with Gasteiger partial charge >= 0.3 is 0 Å². The van der Waals surface area contributed by atoms with E-state index in [4.69, 9.17) is 29.0 Å². The maximum absolute atomic E-state index is 6.10. The number of nitrogens with one attached hydrogen (secondary N) is 1. The predicted octanol–water partition coefficient (Wildman–Crippen LogP) is 4.22. The summed E-state index contributed by atoms with van der Waals surface area (Å²) in [4.78, 5) is 2.31. The number of nitrogens with two attached hydrogens (primary N) is 1. The SMILES string of the molecule is NNC(CSc1cccc(Cl)c1)Cc1sccc1Cl. The molecular weight excluding hydrogens is 319 g/mol. The van der Waals surface area contributed by atoms with Crippen molar-refractivity contribution in [2.24, 2.45) is 5.84 Å². The molecule has 6 heteroatoms. The molecule has 0 saturated heterocycles. The minimum absolute atomic E-state index is 0.181. The van der Waals surface area contributed by atoms with Crippen molar-refractivity contribution in [2.45, 2.75) is 17.4 Å². The Balaban J connectivity index is 1.91. The molecule has 1 aromatic carbocycles. The van der Waals surface area contributed by atoms with Crippen molar-refractivity contribution in [3.05, 3.63) is 50.6 Å². The van der Waals surface area contributed by atoms with E-state index in [9.17, 15) is 0 Å². The topological polar surface area (TPSA) is 38.0 Å². The molecule has 0 spiro atoms. The van der Waals surface area contributed by atoms with Crippen molar-refractivity contribution in [3.8, 4) is 0 Å². The molecule has 0 aliphatic rings. The van der Waals surface area contributed by atoms with Gasteiger partial charge in [0.25, 0.3) is 0 Å². The summed E-state index contributed by atoms with van der Waals surface area (Å²) in [5, 5.41) is 3.57. The average Bonchev–Trinajstić information content (AvgIpc) is 2.80. The van der Waals surface area contributed by atoms with Crippen molar-refractivity contribution in [3.63, 3.8) is 0 Å². The van der Waals surface area contributed by atoms with E-state index in [0.717, 1.165) is 32.0 Å². The number of rotatable bonds is 6. The van der Waals surface area contributed by atoms with Crippen molar-refractivity contribution < 1.29 is 0 Å². The molecule has 0 aliphatic heterocycles. The molecule has 2 nitrogen and oxygen atoms in total. The first-order valence-electron chi connectivity index (χ1n) is 5.75.